The molecule has 0 aliphatic carbocycles. The van der Waals surface area contributed by atoms with Gasteiger partial charge in [-0.3, -0.25) is 4.79 Å². The summed E-state index contributed by atoms with van der Waals surface area (Å²) in [6.07, 6.45) is 0.433. The van der Waals surface area contributed by atoms with Crippen LogP contribution in [-0.4, -0.2) is 19.6 Å². The molecule has 0 spiro atoms. The molecular weight excluding hydrogens is 249 g/mol. The first-order chi connectivity index (χ1) is 7.60. The molecule has 16 heavy (non-hydrogen) atoms. The highest BCUT2D eigenvalue weighted by Gasteiger charge is 2.19. The molecule has 5 heteroatoms. The Labute approximate surface area is 104 Å². The van der Waals surface area contributed by atoms with Crippen LogP contribution < -0.4 is 5.73 Å². The average molecular weight is 262 g/mol. The van der Waals surface area contributed by atoms with Crippen LogP contribution in [0, 0.1) is 5.92 Å². The fourth-order valence-corrected chi connectivity index (χ4v) is 1.80. The van der Waals surface area contributed by atoms with Gasteiger partial charge in [0.25, 0.3) is 0 Å². The van der Waals surface area contributed by atoms with Gasteiger partial charge in [-0.15, -0.1) is 0 Å². The normalized spacial score (nSPS) is 12.2. The van der Waals surface area contributed by atoms with Crippen molar-refractivity contribution in [2.75, 3.05) is 13.7 Å². The molecule has 88 valence electrons. The molecule has 1 aromatic carbocycles. The second kappa shape index (κ2) is 6.09. The second-order valence-corrected chi connectivity index (χ2v) is 4.16. The van der Waals surface area contributed by atoms with Crippen LogP contribution in [0.15, 0.2) is 18.2 Å². The van der Waals surface area contributed by atoms with E-state index in [9.17, 15) is 4.79 Å². The Kier molecular flexibility index (Phi) is 5.06. The molecule has 0 saturated carbocycles. The van der Waals surface area contributed by atoms with Crippen molar-refractivity contribution in [2.45, 2.75) is 6.42 Å². The lowest BCUT2D eigenvalue weighted by Crippen LogP contribution is -2.26. The second-order valence-electron chi connectivity index (χ2n) is 3.37. The van der Waals surface area contributed by atoms with Crippen molar-refractivity contribution in [1.82, 2.24) is 0 Å². The van der Waals surface area contributed by atoms with Gasteiger partial charge in [0.15, 0.2) is 0 Å². The first kappa shape index (κ1) is 13.3. The zero-order chi connectivity index (χ0) is 12.1. The van der Waals surface area contributed by atoms with Crippen LogP contribution >= 0.6 is 23.2 Å². The number of ether oxygens (including phenoxy) is 1. The van der Waals surface area contributed by atoms with E-state index in [2.05, 4.69) is 4.74 Å². The maximum absolute atomic E-state index is 11.4. The number of rotatable bonds is 4. The van der Waals surface area contributed by atoms with Crippen molar-refractivity contribution in [3.8, 4) is 0 Å². The van der Waals surface area contributed by atoms with E-state index < -0.39 is 0 Å². The van der Waals surface area contributed by atoms with Crippen molar-refractivity contribution in [2.24, 2.45) is 11.7 Å². The molecule has 1 atom stereocenters. The topological polar surface area (TPSA) is 52.3 Å². The number of benzene rings is 1. The van der Waals surface area contributed by atoms with Crippen molar-refractivity contribution < 1.29 is 9.53 Å². The van der Waals surface area contributed by atoms with Gasteiger partial charge in [0, 0.05) is 6.54 Å². The SMILES string of the molecule is COC(=O)[C@@H](CN)Cc1cccc(Cl)c1Cl. The predicted octanol–water partition coefficient (Wildman–Crippen LogP) is 2.28. The fourth-order valence-electron chi connectivity index (χ4n) is 1.40. The van der Waals surface area contributed by atoms with E-state index in [0.717, 1.165) is 5.56 Å². The van der Waals surface area contributed by atoms with Crippen LogP contribution in [-0.2, 0) is 16.0 Å². The lowest BCUT2D eigenvalue weighted by atomic mass is 9.99. The molecule has 0 bridgehead atoms. The van der Waals surface area contributed by atoms with E-state index in [4.69, 9.17) is 28.9 Å². The monoisotopic (exact) mass is 261 g/mol. The van der Waals surface area contributed by atoms with Crippen LogP contribution in [0.25, 0.3) is 0 Å². The molecule has 1 rings (SSSR count). The Bertz CT molecular complexity index is 382. The summed E-state index contributed by atoms with van der Waals surface area (Å²) in [5.41, 5.74) is 6.31. The number of nitrogens with two attached hydrogens (primary N) is 1. The van der Waals surface area contributed by atoms with E-state index >= 15 is 0 Å². The quantitative estimate of drug-likeness (QED) is 0.847. The highest BCUT2D eigenvalue weighted by molar-refractivity contribution is 6.42. The summed E-state index contributed by atoms with van der Waals surface area (Å²) >= 11 is 11.9. The van der Waals surface area contributed by atoms with Crippen LogP contribution in [0.3, 0.4) is 0 Å². The standard InChI is InChI=1S/C11H13Cl2NO2/c1-16-11(15)8(6-14)5-7-3-2-4-9(12)10(7)13/h2-4,8H,5-6,14H2,1H3/t8-/m1/s1. The highest BCUT2D eigenvalue weighted by Crippen LogP contribution is 2.27. The van der Waals surface area contributed by atoms with Gasteiger partial charge in [-0.2, -0.15) is 0 Å². The van der Waals surface area contributed by atoms with Gasteiger partial charge in [-0.05, 0) is 18.1 Å². The Hall–Kier alpha value is -0.770. The van der Waals surface area contributed by atoms with Crippen LogP contribution in [0.5, 0.6) is 0 Å². The van der Waals surface area contributed by atoms with E-state index in [0.29, 0.717) is 16.5 Å². The zero-order valence-corrected chi connectivity index (χ0v) is 10.4. The lowest BCUT2D eigenvalue weighted by Gasteiger charge is -2.13. The number of methoxy groups -OCH3 is 1. The Morgan fingerprint density at radius 2 is 2.19 bits per heavy atom. The van der Waals surface area contributed by atoms with Crippen LogP contribution in [0.2, 0.25) is 10.0 Å². The van der Waals surface area contributed by atoms with Gasteiger partial charge < -0.3 is 10.5 Å². The van der Waals surface area contributed by atoms with Gasteiger partial charge in [0.2, 0.25) is 0 Å². The van der Waals surface area contributed by atoms with Crippen molar-refractivity contribution in [1.29, 1.82) is 0 Å². The molecule has 0 aromatic heterocycles. The van der Waals surface area contributed by atoms with E-state index in [1.165, 1.54) is 7.11 Å². The van der Waals surface area contributed by atoms with Gasteiger partial charge in [0.1, 0.15) is 0 Å². The van der Waals surface area contributed by atoms with Crippen molar-refractivity contribution in [3.05, 3.63) is 33.8 Å². The van der Waals surface area contributed by atoms with Crippen molar-refractivity contribution >= 4 is 29.2 Å². The predicted molar refractivity (Wildman–Crippen MR) is 64.7 cm³/mol. The highest BCUT2D eigenvalue weighted by atomic mass is 35.5. The third kappa shape index (κ3) is 3.11. The number of carbonyl (C=O) groups is 1. The van der Waals surface area contributed by atoms with E-state index in [1.807, 2.05) is 6.07 Å². The molecule has 3 nitrogen and oxygen atoms in total. The smallest absolute Gasteiger partial charge is 0.310 e. The van der Waals surface area contributed by atoms with Crippen molar-refractivity contribution in [3.63, 3.8) is 0 Å². The zero-order valence-electron chi connectivity index (χ0n) is 8.87. The third-order valence-corrected chi connectivity index (χ3v) is 3.17. The molecule has 0 fully saturated rings. The number of carbonyl (C=O) groups excluding carboxylic acids is 1. The molecule has 1 aromatic rings. The van der Waals surface area contributed by atoms with Gasteiger partial charge >= 0.3 is 5.97 Å². The minimum absolute atomic E-state index is 0.218. The summed E-state index contributed by atoms with van der Waals surface area (Å²) in [6, 6.07) is 5.30. The molecular formula is C11H13Cl2NO2. The fraction of sp³-hybridized carbons (Fsp3) is 0.364. The first-order valence-electron chi connectivity index (χ1n) is 4.81. The third-order valence-electron chi connectivity index (χ3n) is 2.32. The molecule has 2 N–H and O–H groups in total. The molecule has 0 unspecified atom stereocenters. The number of hydrogen-bond acceptors (Lipinski definition) is 3. The molecule has 0 amide bonds. The first-order valence-corrected chi connectivity index (χ1v) is 5.56. The number of esters is 1. The maximum Gasteiger partial charge on any atom is 0.310 e. The summed E-state index contributed by atoms with van der Waals surface area (Å²) in [4.78, 5) is 11.4. The Morgan fingerprint density at radius 1 is 1.50 bits per heavy atom. The Balaban J connectivity index is 2.86. The summed E-state index contributed by atoms with van der Waals surface area (Å²) < 4.78 is 4.65. The molecule has 0 aliphatic rings. The minimum atomic E-state index is -0.388. The maximum atomic E-state index is 11.4. The van der Waals surface area contributed by atoms with Crippen LogP contribution in [0.1, 0.15) is 5.56 Å². The molecule has 0 saturated heterocycles. The lowest BCUT2D eigenvalue weighted by molar-refractivity contribution is -0.145. The van der Waals surface area contributed by atoms with E-state index in [1.54, 1.807) is 12.1 Å². The summed E-state index contributed by atoms with van der Waals surface area (Å²) in [5.74, 6) is -0.723. The van der Waals surface area contributed by atoms with Gasteiger partial charge in [0.05, 0.1) is 23.1 Å². The molecule has 0 radical (unpaired) electrons. The van der Waals surface area contributed by atoms with Gasteiger partial charge in [-0.1, -0.05) is 35.3 Å². The average Bonchev–Trinajstić information content (AvgIpc) is 2.30. The number of hydrogen-bond donors (Lipinski definition) is 1. The van der Waals surface area contributed by atoms with E-state index in [-0.39, 0.29) is 18.4 Å². The summed E-state index contributed by atoms with van der Waals surface area (Å²) in [6.45, 7) is 0.218. The summed E-state index contributed by atoms with van der Waals surface area (Å²) in [5, 5.41) is 0.936. The Morgan fingerprint density at radius 3 is 2.75 bits per heavy atom. The molecule has 0 aliphatic heterocycles. The molecule has 0 heterocycles. The van der Waals surface area contributed by atoms with Crippen LogP contribution in [0.4, 0.5) is 0 Å². The summed E-state index contributed by atoms with van der Waals surface area (Å²) in [7, 11) is 1.34. The van der Waals surface area contributed by atoms with Gasteiger partial charge in [-0.25, -0.2) is 0 Å². The largest absolute Gasteiger partial charge is 0.469 e. The number of halogens is 2. The minimum Gasteiger partial charge on any atom is -0.469 e.